The highest BCUT2D eigenvalue weighted by atomic mass is 16.3. The molecule has 0 atom stereocenters. The maximum Gasteiger partial charge on any atom is 0.221 e. The zero-order valence-electron chi connectivity index (χ0n) is 9.96. The highest BCUT2D eigenvalue weighted by Gasteiger charge is 2.03. The quantitative estimate of drug-likeness (QED) is 0.555. The lowest BCUT2D eigenvalue weighted by atomic mass is 10.3. The predicted octanol–water partition coefficient (Wildman–Crippen LogP) is 0.607. The van der Waals surface area contributed by atoms with Gasteiger partial charge in [0.15, 0.2) is 0 Å². The number of carbonyl (C=O) groups is 1. The molecule has 4 heteroatoms. The van der Waals surface area contributed by atoms with Gasteiger partial charge in [0.2, 0.25) is 5.91 Å². The average molecular weight is 216 g/mol. The van der Waals surface area contributed by atoms with Crippen LogP contribution in [0.2, 0.25) is 0 Å². The molecular formula is C11H24N2O2. The Morgan fingerprint density at radius 3 is 2.67 bits per heavy atom. The third-order valence-corrected chi connectivity index (χ3v) is 2.27. The Bertz CT molecular complexity index is 163. The van der Waals surface area contributed by atoms with E-state index < -0.39 is 0 Å². The van der Waals surface area contributed by atoms with Crippen LogP contribution >= 0.6 is 0 Å². The van der Waals surface area contributed by atoms with Crippen molar-refractivity contribution in [1.82, 2.24) is 10.2 Å². The number of nitrogens with one attached hydrogen (secondary N) is 1. The summed E-state index contributed by atoms with van der Waals surface area (Å²) < 4.78 is 0. The van der Waals surface area contributed by atoms with Crippen LogP contribution in [-0.2, 0) is 4.79 Å². The van der Waals surface area contributed by atoms with E-state index in [0.717, 1.165) is 13.1 Å². The number of hydrogen-bond donors (Lipinski definition) is 2. The first kappa shape index (κ1) is 14.4. The molecule has 0 aromatic carbocycles. The number of nitrogens with zero attached hydrogens (tertiary/aromatic N) is 1. The minimum Gasteiger partial charge on any atom is -0.396 e. The summed E-state index contributed by atoms with van der Waals surface area (Å²) in [7, 11) is 2.04. The van der Waals surface area contributed by atoms with Crippen LogP contribution in [0.3, 0.4) is 0 Å². The van der Waals surface area contributed by atoms with Gasteiger partial charge in [-0.05, 0) is 26.4 Å². The lowest BCUT2D eigenvalue weighted by Crippen LogP contribution is -2.30. The summed E-state index contributed by atoms with van der Waals surface area (Å²) >= 11 is 0. The maximum absolute atomic E-state index is 11.3. The van der Waals surface area contributed by atoms with Gasteiger partial charge in [0.1, 0.15) is 0 Å². The van der Waals surface area contributed by atoms with E-state index in [0.29, 0.717) is 19.4 Å². The zero-order chi connectivity index (χ0) is 11.5. The summed E-state index contributed by atoms with van der Waals surface area (Å²) in [6, 6.07) is 0. The lowest BCUT2D eigenvalue weighted by Gasteiger charge is -2.15. The lowest BCUT2D eigenvalue weighted by molar-refractivity contribution is -0.121. The van der Waals surface area contributed by atoms with Gasteiger partial charge in [-0.25, -0.2) is 0 Å². The van der Waals surface area contributed by atoms with Crippen molar-refractivity contribution in [3.63, 3.8) is 0 Å². The van der Waals surface area contributed by atoms with Gasteiger partial charge in [-0.1, -0.05) is 13.3 Å². The molecular weight excluding hydrogens is 192 g/mol. The molecule has 1 amide bonds. The molecule has 0 saturated carbocycles. The van der Waals surface area contributed by atoms with E-state index in [-0.39, 0.29) is 12.5 Å². The van der Waals surface area contributed by atoms with Gasteiger partial charge in [0.25, 0.3) is 0 Å². The third-order valence-electron chi connectivity index (χ3n) is 2.27. The van der Waals surface area contributed by atoms with Crippen LogP contribution in [0.25, 0.3) is 0 Å². The summed E-state index contributed by atoms with van der Waals surface area (Å²) in [5.74, 6) is 0.0757. The number of rotatable bonds is 9. The zero-order valence-corrected chi connectivity index (χ0v) is 9.96. The van der Waals surface area contributed by atoms with Crippen LogP contribution in [0.15, 0.2) is 0 Å². The molecule has 90 valence electrons. The highest BCUT2D eigenvalue weighted by molar-refractivity contribution is 5.75. The van der Waals surface area contributed by atoms with Gasteiger partial charge in [0.05, 0.1) is 0 Å². The molecule has 0 rings (SSSR count). The van der Waals surface area contributed by atoms with E-state index in [1.54, 1.807) is 0 Å². The second-order valence-electron chi connectivity index (χ2n) is 3.83. The van der Waals surface area contributed by atoms with E-state index in [4.69, 9.17) is 5.11 Å². The molecule has 0 saturated heterocycles. The smallest absolute Gasteiger partial charge is 0.221 e. The first-order valence-electron chi connectivity index (χ1n) is 5.76. The summed E-state index contributed by atoms with van der Waals surface area (Å²) in [5.41, 5.74) is 0. The Morgan fingerprint density at radius 2 is 2.07 bits per heavy atom. The Morgan fingerprint density at radius 1 is 1.33 bits per heavy atom. The number of amides is 1. The molecule has 0 unspecified atom stereocenters. The van der Waals surface area contributed by atoms with Crippen molar-refractivity contribution in [2.75, 3.05) is 33.3 Å². The SMILES string of the molecule is CCCCN(C)CCC(=O)NCCCO. The molecule has 2 N–H and O–H groups in total. The number of unbranched alkanes of at least 4 members (excludes halogenated alkanes) is 1. The van der Waals surface area contributed by atoms with Crippen LogP contribution in [0.4, 0.5) is 0 Å². The predicted molar refractivity (Wildman–Crippen MR) is 61.7 cm³/mol. The topological polar surface area (TPSA) is 52.6 Å². The van der Waals surface area contributed by atoms with E-state index in [9.17, 15) is 4.79 Å². The van der Waals surface area contributed by atoms with Crippen molar-refractivity contribution in [3.05, 3.63) is 0 Å². The summed E-state index contributed by atoms with van der Waals surface area (Å²) in [4.78, 5) is 13.5. The van der Waals surface area contributed by atoms with Crippen molar-refractivity contribution < 1.29 is 9.90 Å². The molecule has 0 fully saturated rings. The number of carbonyl (C=O) groups excluding carboxylic acids is 1. The minimum absolute atomic E-state index is 0.0757. The molecule has 0 radical (unpaired) electrons. The van der Waals surface area contributed by atoms with Crippen molar-refractivity contribution in [1.29, 1.82) is 0 Å². The fourth-order valence-electron chi connectivity index (χ4n) is 1.23. The largest absolute Gasteiger partial charge is 0.396 e. The van der Waals surface area contributed by atoms with Crippen molar-refractivity contribution in [2.24, 2.45) is 0 Å². The molecule has 0 aliphatic heterocycles. The van der Waals surface area contributed by atoms with Gasteiger partial charge in [0, 0.05) is 26.1 Å². The van der Waals surface area contributed by atoms with Crippen molar-refractivity contribution in [2.45, 2.75) is 32.6 Å². The normalized spacial score (nSPS) is 10.7. The number of aliphatic hydroxyl groups is 1. The van der Waals surface area contributed by atoms with Gasteiger partial charge < -0.3 is 15.3 Å². The fraction of sp³-hybridized carbons (Fsp3) is 0.909. The summed E-state index contributed by atoms with van der Waals surface area (Å²) in [6.07, 6.45) is 3.55. The first-order chi connectivity index (χ1) is 7.20. The molecule has 0 aliphatic rings. The van der Waals surface area contributed by atoms with Crippen molar-refractivity contribution in [3.8, 4) is 0 Å². The molecule has 0 aromatic heterocycles. The first-order valence-corrected chi connectivity index (χ1v) is 5.76. The van der Waals surface area contributed by atoms with Crippen LogP contribution in [0.5, 0.6) is 0 Å². The second-order valence-corrected chi connectivity index (χ2v) is 3.83. The Labute approximate surface area is 92.7 Å². The highest BCUT2D eigenvalue weighted by Crippen LogP contribution is 1.93. The second kappa shape index (κ2) is 9.93. The number of hydrogen-bond acceptors (Lipinski definition) is 3. The van der Waals surface area contributed by atoms with Crippen LogP contribution in [0.1, 0.15) is 32.6 Å². The monoisotopic (exact) mass is 216 g/mol. The van der Waals surface area contributed by atoms with Gasteiger partial charge in [-0.2, -0.15) is 0 Å². The van der Waals surface area contributed by atoms with E-state index in [1.165, 1.54) is 12.8 Å². The molecule has 0 aliphatic carbocycles. The third kappa shape index (κ3) is 9.69. The van der Waals surface area contributed by atoms with E-state index >= 15 is 0 Å². The van der Waals surface area contributed by atoms with E-state index in [2.05, 4.69) is 17.1 Å². The molecule has 0 aromatic rings. The number of aliphatic hydroxyl groups excluding tert-OH is 1. The molecule has 4 nitrogen and oxygen atoms in total. The Hall–Kier alpha value is -0.610. The van der Waals surface area contributed by atoms with Gasteiger partial charge in [-0.3, -0.25) is 4.79 Å². The molecule has 0 heterocycles. The maximum atomic E-state index is 11.3. The van der Waals surface area contributed by atoms with Gasteiger partial charge >= 0.3 is 0 Å². The van der Waals surface area contributed by atoms with Gasteiger partial charge in [-0.15, -0.1) is 0 Å². The average Bonchev–Trinajstić information content (AvgIpc) is 2.24. The van der Waals surface area contributed by atoms with Crippen LogP contribution in [0, 0.1) is 0 Å². The summed E-state index contributed by atoms with van der Waals surface area (Å²) in [6.45, 7) is 4.74. The summed E-state index contributed by atoms with van der Waals surface area (Å²) in [5, 5.41) is 11.3. The molecule has 15 heavy (non-hydrogen) atoms. The van der Waals surface area contributed by atoms with Crippen molar-refractivity contribution >= 4 is 5.91 Å². The van der Waals surface area contributed by atoms with E-state index in [1.807, 2.05) is 7.05 Å². The van der Waals surface area contributed by atoms with Crippen LogP contribution in [-0.4, -0.2) is 49.2 Å². The fourth-order valence-corrected chi connectivity index (χ4v) is 1.23. The van der Waals surface area contributed by atoms with Crippen LogP contribution < -0.4 is 5.32 Å². The molecule has 0 spiro atoms. The Kier molecular flexibility index (Phi) is 9.52. The minimum atomic E-state index is 0.0757. The molecule has 0 bridgehead atoms. The Balaban J connectivity index is 3.36. The standard InChI is InChI=1S/C11H24N2O2/c1-3-4-8-13(2)9-6-11(15)12-7-5-10-14/h14H,3-10H2,1-2H3,(H,12,15).